The molecule has 0 unspecified atom stereocenters. The quantitative estimate of drug-likeness (QED) is 0.864. The van der Waals surface area contributed by atoms with E-state index in [0.717, 1.165) is 11.8 Å². The fraction of sp³-hybridized carbons (Fsp3) is 0.286. The maximum absolute atomic E-state index is 12.8. The van der Waals surface area contributed by atoms with Gasteiger partial charge in [-0.25, -0.2) is 9.97 Å². The van der Waals surface area contributed by atoms with Crippen LogP contribution in [0.2, 0.25) is 5.02 Å². The molecule has 0 aliphatic rings. The van der Waals surface area contributed by atoms with Crippen molar-refractivity contribution in [3.63, 3.8) is 0 Å². The Kier molecular flexibility index (Phi) is 4.37. The van der Waals surface area contributed by atoms with Gasteiger partial charge in [0.2, 0.25) is 5.95 Å². The van der Waals surface area contributed by atoms with E-state index in [9.17, 15) is 13.2 Å². The molecule has 1 aromatic heterocycles. The van der Waals surface area contributed by atoms with Gasteiger partial charge < -0.3 is 5.32 Å². The van der Waals surface area contributed by atoms with E-state index in [0.29, 0.717) is 0 Å². The Hall–Kier alpha value is -1.82. The number of halogens is 4. The SMILES string of the molecule is CC(C)c1ccnc(Nc2ccc(Cl)c(C(F)(F)F)c2)n1. The van der Waals surface area contributed by atoms with Crippen LogP contribution < -0.4 is 5.32 Å². The predicted octanol–water partition coefficient (Wildman–Crippen LogP) is 5.02. The molecule has 0 aliphatic heterocycles. The number of hydrogen-bond acceptors (Lipinski definition) is 3. The summed E-state index contributed by atoms with van der Waals surface area (Å²) >= 11 is 5.57. The number of aromatic nitrogens is 2. The molecule has 0 saturated heterocycles. The molecule has 1 N–H and O–H groups in total. The van der Waals surface area contributed by atoms with Crippen molar-refractivity contribution in [1.82, 2.24) is 9.97 Å². The van der Waals surface area contributed by atoms with Gasteiger partial charge >= 0.3 is 6.18 Å². The van der Waals surface area contributed by atoms with Crippen LogP contribution in [0.1, 0.15) is 31.0 Å². The number of hydrogen-bond donors (Lipinski definition) is 1. The summed E-state index contributed by atoms with van der Waals surface area (Å²) in [6.07, 6.45) is -2.94. The van der Waals surface area contributed by atoms with Crippen LogP contribution in [0.5, 0.6) is 0 Å². The van der Waals surface area contributed by atoms with E-state index in [2.05, 4.69) is 15.3 Å². The van der Waals surface area contributed by atoms with Gasteiger partial charge in [-0.3, -0.25) is 0 Å². The number of alkyl halides is 3. The summed E-state index contributed by atoms with van der Waals surface area (Å²) in [6, 6.07) is 5.34. The molecule has 2 rings (SSSR count). The van der Waals surface area contributed by atoms with E-state index in [1.54, 1.807) is 12.3 Å². The molecule has 1 aromatic carbocycles. The number of anilines is 2. The van der Waals surface area contributed by atoms with Crippen molar-refractivity contribution in [2.45, 2.75) is 25.9 Å². The molecule has 0 atom stereocenters. The molecule has 7 heteroatoms. The highest BCUT2D eigenvalue weighted by Crippen LogP contribution is 2.36. The largest absolute Gasteiger partial charge is 0.417 e. The molecule has 0 radical (unpaired) electrons. The number of nitrogens with one attached hydrogen (secondary N) is 1. The highest BCUT2D eigenvalue weighted by molar-refractivity contribution is 6.31. The van der Waals surface area contributed by atoms with Gasteiger partial charge in [-0.05, 0) is 30.2 Å². The Labute approximate surface area is 125 Å². The minimum Gasteiger partial charge on any atom is -0.324 e. The van der Waals surface area contributed by atoms with Crippen LogP contribution in [-0.4, -0.2) is 9.97 Å². The second-order valence-electron chi connectivity index (χ2n) is 4.78. The minimum absolute atomic E-state index is 0.199. The summed E-state index contributed by atoms with van der Waals surface area (Å²) in [7, 11) is 0. The average Bonchev–Trinajstić information content (AvgIpc) is 2.40. The number of rotatable bonds is 3. The molecular weight excluding hydrogens is 303 g/mol. The standard InChI is InChI=1S/C14H13ClF3N3/c1-8(2)12-5-6-19-13(21-12)20-9-3-4-11(15)10(7-9)14(16,17)18/h3-8H,1-2H3,(H,19,20,21). The van der Waals surface area contributed by atoms with Crippen molar-refractivity contribution in [1.29, 1.82) is 0 Å². The normalized spacial score (nSPS) is 11.8. The van der Waals surface area contributed by atoms with Crippen LogP contribution in [0, 0.1) is 0 Å². The van der Waals surface area contributed by atoms with E-state index in [1.807, 2.05) is 13.8 Å². The Bertz CT molecular complexity index is 642. The summed E-state index contributed by atoms with van der Waals surface area (Å²) in [6.45, 7) is 3.94. The molecule has 0 aliphatic carbocycles. The van der Waals surface area contributed by atoms with Gasteiger partial charge in [0.1, 0.15) is 0 Å². The molecule has 0 spiro atoms. The second-order valence-corrected chi connectivity index (χ2v) is 5.18. The fourth-order valence-electron chi connectivity index (χ4n) is 1.70. The first kappa shape index (κ1) is 15.6. The van der Waals surface area contributed by atoms with Crippen molar-refractivity contribution in [2.24, 2.45) is 0 Å². The summed E-state index contributed by atoms with van der Waals surface area (Å²) in [5, 5.41) is 2.42. The molecule has 0 amide bonds. The third-order valence-corrected chi connectivity index (χ3v) is 3.13. The van der Waals surface area contributed by atoms with E-state index < -0.39 is 11.7 Å². The molecule has 1 heterocycles. The third kappa shape index (κ3) is 3.85. The molecule has 0 saturated carbocycles. The van der Waals surface area contributed by atoms with Crippen LogP contribution in [0.3, 0.4) is 0 Å². The zero-order chi connectivity index (χ0) is 15.6. The molecule has 0 bridgehead atoms. The lowest BCUT2D eigenvalue weighted by atomic mass is 10.1. The lowest BCUT2D eigenvalue weighted by Gasteiger charge is -2.12. The van der Waals surface area contributed by atoms with Crippen LogP contribution in [-0.2, 0) is 6.18 Å². The predicted molar refractivity (Wildman–Crippen MR) is 75.9 cm³/mol. The minimum atomic E-state index is -4.50. The Morgan fingerprint density at radius 2 is 1.90 bits per heavy atom. The first-order chi connectivity index (χ1) is 9.77. The zero-order valence-electron chi connectivity index (χ0n) is 11.4. The van der Waals surface area contributed by atoms with Crippen molar-refractivity contribution >= 4 is 23.2 Å². The molecule has 21 heavy (non-hydrogen) atoms. The van der Waals surface area contributed by atoms with Gasteiger partial charge in [0.15, 0.2) is 0 Å². The van der Waals surface area contributed by atoms with Gasteiger partial charge in [-0.1, -0.05) is 25.4 Å². The maximum Gasteiger partial charge on any atom is 0.417 e. The van der Waals surface area contributed by atoms with Crippen LogP contribution >= 0.6 is 11.6 Å². The highest BCUT2D eigenvalue weighted by atomic mass is 35.5. The van der Waals surface area contributed by atoms with E-state index in [4.69, 9.17) is 11.6 Å². The fourth-order valence-corrected chi connectivity index (χ4v) is 1.93. The highest BCUT2D eigenvalue weighted by Gasteiger charge is 2.33. The molecule has 112 valence electrons. The summed E-state index contributed by atoms with van der Waals surface area (Å²) in [5.74, 6) is 0.446. The molecular formula is C14H13ClF3N3. The number of benzene rings is 1. The maximum atomic E-state index is 12.8. The Balaban J connectivity index is 2.30. The van der Waals surface area contributed by atoms with Crippen LogP contribution in [0.4, 0.5) is 24.8 Å². The van der Waals surface area contributed by atoms with Crippen molar-refractivity contribution in [2.75, 3.05) is 5.32 Å². The number of nitrogens with zero attached hydrogens (tertiary/aromatic N) is 2. The first-order valence-electron chi connectivity index (χ1n) is 6.24. The van der Waals surface area contributed by atoms with E-state index in [-0.39, 0.29) is 22.6 Å². The lowest BCUT2D eigenvalue weighted by molar-refractivity contribution is -0.137. The summed E-state index contributed by atoms with van der Waals surface area (Å²) in [4.78, 5) is 8.24. The van der Waals surface area contributed by atoms with E-state index >= 15 is 0 Å². The van der Waals surface area contributed by atoms with Crippen LogP contribution in [0.25, 0.3) is 0 Å². The van der Waals surface area contributed by atoms with Crippen molar-refractivity contribution in [3.05, 3.63) is 46.7 Å². The van der Waals surface area contributed by atoms with E-state index in [1.165, 1.54) is 12.1 Å². The molecule has 3 nitrogen and oxygen atoms in total. The lowest BCUT2D eigenvalue weighted by Crippen LogP contribution is -2.07. The first-order valence-corrected chi connectivity index (χ1v) is 6.62. The Morgan fingerprint density at radius 3 is 2.52 bits per heavy atom. The van der Waals surface area contributed by atoms with Gasteiger partial charge in [0.25, 0.3) is 0 Å². The molecule has 0 fully saturated rings. The smallest absolute Gasteiger partial charge is 0.324 e. The average molecular weight is 316 g/mol. The van der Waals surface area contributed by atoms with Crippen LogP contribution in [0.15, 0.2) is 30.5 Å². The monoisotopic (exact) mass is 315 g/mol. The topological polar surface area (TPSA) is 37.8 Å². The summed E-state index contributed by atoms with van der Waals surface area (Å²) < 4.78 is 38.4. The second kappa shape index (κ2) is 5.89. The zero-order valence-corrected chi connectivity index (χ0v) is 12.1. The van der Waals surface area contributed by atoms with Gasteiger partial charge in [0.05, 0.1) is 10.6 Å². The summed E-state index contributed by atoms with van der Waals surface area (Å²) in [5.41, 5.74) is 0.138. The van der Waals surface area contributed by atoms with Crippen molar-refractivity contribution < 1.29 is 13.2 Å². The van der Waals surface area contributed by atoms with Gasteiger partial charge in [-0.2, -0.15) is 13.2 Å². The van der Waals surface area contributed by atoms with Crippen molar-refractivity contribution in [3.8, 4) is 0 Å². The Morgan fingerprint density at radius 1 is 1.19 bits per heavy atom. The van der Waals surface area contributed by atoms with Gasteiger partial charge in [-0.15, -0.1) is 0 Å². The molecule has 2 aromatic rings. The van der Waals surface area contributed by atoms with Gasteiger partial charge in [0, 0.05) is 17.6 Å². The third-order valence-electron chi connectivity index (χ3n) is 2.80.